The van der Waals surface area contributed by atoms with E-state index in [4.69, 9.17) is 4.98 Å². The Morgan fingerprint density at radius 2 is 2.12 bits per heavy atom. The lowest BCUT2D eigenvalue weighted by molar-refractivity contribution is 0.0940. The Morgan fingerprint density at radius 1 is 1.32 bits per heavy atom. The Morgan fingerprint density at radius 3 is 2.84 bits per heavy atom. The van der Waals surface area contributed by atoms with E-state index in [0.29, 0.717) is 18.3 Å². The molecule has 1 saturated heterocycles. The van der Waals surface area contributed by atoms with E-state index in [-0.39, 0.29) is 11.8 Å². The summed E-state index contributed by atoms with van der Waals surface area (Å²) < 4.78 is 0. The minimum absolute atomic E-state index is 0.0650. The van der Waals surface area contributed by atoms with E-state index >= 15 is 0 Å². The number of fused-ring (bicyclic) bond motifs is 1. The number of piperidine rings is 1. The molecule has 0 aliphatic carbocycles. The molecule has 1 N–H and O–H groups in total. The van der Waals surface area contributed by atoms with Crippen LogP contribution in [0, 0.1) is 0 Å². The highest BCUT2D eigenvalue weighted by molar-refractivity contribution is 5.96. The van der Waals surface area contributed by atoms with Crippen molar-refractivity contribution in [3.8, 4) is 0 Å². The van der Waals surface area contributed by atoms with Gasteiger partial charge < -0.3 is 10.2 Å². The van der Waals surface area contributed by atoms with E-state index in [9.17, 15) is 4.79 Å². The van der Waals surface area contributed by atoms with Gasteiger partial charge in [-0.3, -0.25) is 9.69 Å². The molecule has 2 aliphatic rings. The Kier molecular flexibility index (Phi) is 5.57. The summed E-state index contributed by atoms with van der Waals surface area (Å²) in [4.78, 5) is 26.4. The first-order valence-corrected chi connectivity index (χ1v) is 9.61. The molecule has 0 radical (unpaired) electrons. The lowest BCUT2D eigenvalue weighted by Crippen LogP contribution is -2.42. The van der Waals surface area contributed by atoms with E-state index < -0.39 is 0 Å². The van der Waals surface area contributed by atoms with Crippen molar-refractivity contribution in [3.63, 3.8) is 0 Å². The second-order valence-electron chi connectivity index (χ2n) is 7.70. The van der Waals surface area contributed by atoms with Gasteiger partial charge in [0, 0.05) is 44.2 Å². The van der Waals surface area contributed by atoms with Crippen LogP contribution in [-0.4, -0.2) is 60.0 Å². The van der Waals surface area contributed by atoms with Gasteiger partial charge in [0.15, 0.2) is 0 Å². The van der Waals surface area contributed by atoms with Crippen LogP contribution in [0.3, 0.4) is 0 Å². The molecule has 1 aromatic rings. The average Bonchev–Trinajstić information content (AvgIpc) is 2.60. The van der Waals surface area contributed by atoms with Crippen LogP contribution in [0.1, 0.15) is 67.8 Å². The van der Waals surface area contributed by atoms with E-state index in [1.54, 1.807) is 0 Å². The number of carbonyl (C=O) groups excluding carboxylic acids is 1. The molecule has 0 aromatic carbocycles. The molecule has 3 rings (SSSR count). The normalized spacial score (nSPS) is 21.2. The molecule has 0 spiro atoms. The largest absolute Gasteiger partial charge is 0.358 e. The molecule has 1 atom stereocenters. The highest BCUT2D eigenvalue weighted by Gasteiger charge is 2.26. The fourth-order valence-corrected chi connectivity index (χ4v) is 3.74. The highest BCUT2D eigenvalue weighted by atomic mass is 16.1. The molecular formula is C19H31N5O. The molecule has 1 fully saturated rings. The molecule has 1 unspecified atom stereocenters. The number of rotatable bonds is 5. The summed E-state index contributed by atoms with van der Waals surface area (Å²) in [6.45, 7) is 10.3. The van der Waals surface area contributed by atoms with Crippen molar-refractivity contribution in [2.75, 3.05) is 38.1 Å². The third-order valence-electron chi connectivity index (χ3n) is 5.42. The fourth-order valence-electron chi connectivity index (χ4n) is 3.74. The van der Waals surface area contributed by atoms with E-state index in [1.165, 1.54) is 25.8 Å². The van der Waals surface area contributed by atoms with Crippen molar-refractivity contribution in [1.82, 2.24) is 20.2 Å². The van der Waals surface area contributed by atoms with Crippen LogP contribution in [0.25, 0.3) is 0 Å². The van der Waals surface area contributed by atoms with Crippen LogP contribution in [0.5, 0.6) is 0 Å². The fraction of sp³-hybridized carbons (Fsp3) is 0.737. The Bertz CT molecular complexity index is 630. The van der Waals surface area contributed by atoms with Gasteiger partial charge in [-0.15, -0.1) is 0 Å². The minimum atomic E-state index is -0.0650. The van der Waals surface area contributed by atoms with Crippen molar-refractivity contribution in [3.05, 3.63) is 17.1 Å². The summed E-state index contributed by atoms with van der Waals surface area (Å²) in [5, 5.41) is 2.90. The number of nitrogens with one attached hydrogen (secondary N) is 1. The second kappa shape index (κ2) is 7.68. The number of anilines is 1. The highest BCUT2D eigenvalue weighted by Crippen LogP contribution is 2.25. The molecule has 2 aliphatic heterocycles. The van der Waals surface area contributed by atoms with E-state index in [1.807, 2.05) is 0 Å². The van der Waals surface area contributed by atoms with E-state index in [0.717, 1.165) is 36.7 Å². The van der Waals surface area contributed by atoms with Crippen molar-refractivity contribution >= 4 is 11.7 Å². The number of likely N-dealkylation sites (N-methyl/N-ethyl adjacent to an activating group) is 1. The maximum Gasteiger partial charge on any atom is 0.270 e. The molecule has 3 heterocycles. The van der Waals surface area contributed by atoms with Crippen LogP contribution >= 0.6 is 0 Å². The molecule has 6 heteroatoms. The van der Waals surface area contributed by atoms with Gasteiger partial charge in [0.1, 0.15) is 17.3 Å². The van der Waals surface area contributed by atoms with Crippen molar-refractivity contribution in [1.29, 1.82) is 0 Å². The van der Waals surface area contributed by atoms with Crippen LogP contribution in [-0.2, 0) is 6.42 Å². The zero-order valence-corrected chi connectivity index (χ0v) is 16.0. The molecule has 1 amide bonds. The van der Waals surface area contributed by atoms with E-state index in [2.05, 4.69) is 47.9 Å². The minimum Gasteiger partial charge on any atom is -0.358 e. The van der Waals surface area contributed by atoms with Crippen LogP contribution < -0.4 is 10.2 Å². The predicted molar refractivity (Wildman–Crippen MR) is 100 cm³/mol. The standard InChI is InChI=1S/C19H31N5O/c1-13(2)17-21-16-15(8-9-20-19(16)25)18(22-17)23(4)11-12-24-10-6-5-7-14(24)3/h13-14H,5-12H2,1-4H3,(H,20,25). The van der Waals surface area contributed by atoms with Gasteiger partial charge in [-0.25, -0.2) is 9.97 Å². The number of hydrogen-bond donors (Lipinski definition) is 1. The lowest BCUT2D eigenvalue weighted by Gasteiger charge is -2.35. The second-order valence-corrected chi connectivity index (χ2v) is 7.70. The zero-order chi connectivity index (χ0) is 18.0. The first-order chi connectivity index (χ1) is 12.0. The first kappa shape index (κ1) is 18.1. The summed E-state index contributed by atoms with van der Waals surface area (Å²) in [5.74, 6) is 1.83. The van der Waals surface area contributed by atoms with Gasteiger partial charge in [-0.2, -0.15) is 0 Å². The van der Waals surface area contributed by atoms with Gasteiger partial charge in [0.25, 0.3) is 5.91 Å². The monoisotopic (exact) mass is 345 g/mol. The van der Waals surface area contributed by atoms with Gasteiger partial charge in [-0.05, 0) is 32.7 Å². The van der Waals surface area contributed by atoms with Gasteiger partial charge in [-0.1, -0.05) is 20.3 Å². The van der Waals surface area contributed by atoms with Crippen molar-refractivity contribution < 1.29 is 4.79 Å². The summed E-state index contributed by atoms with van der Waals surface area (Å²) in [6, 6.07) is 0.665. The smallest absolute Gasteiger partial charge is 0.270 e. The van der Waals surface area contributed by atoms with Crippen molar-refractivity contribution in [2.45, 2.75) is 58.4 Å². The Balaban J connectivity index is 1.81. The lowest BCUT2D eigenvalue weighted by atomic mass is 10.0. The third-order valence-corrected chi connectivity index (χ3v) is 5.42. The molecule has 1 aromatic heterocycles. The van der Waals surface area contributed by atoms with Crippen molar-refractivity contribution in [2.24, 2.45) is 0 Å². The van der Waals surface area contributed by atoms with Crippen LogP contribution in [0.2, 0.25) is 0 Å². The SMILES string of the molecule is CC(C)c1nc2c(c(N(C)CCN3CCCCC3C)n1)CCNC2=O. The average molecular weight is 345 g/mol. The summed E-state index contributed by atoms with van der Waals surface area (Å²) in [6.07, 6.45) is 4.75. The number of likely N-dealkylation sites (tertiary alicyclic amines) is 1. The molecular weight excluding hydrogens is 314 g/mol. The summed E-state index contributed by atoms with van der Waals surface area (Å²) in [7, 11) is 2.09. The number of aromatic nitrogens is 2. The number of amides is 1. The quantitative estimate of drug-likeness (QED) is 0.886. The number of carbonyl (C=O) groups is 1. The zero-order valence-electron chi connectivity index (χ0n) is 16.0. The maximum absolute atomic E-state index is 12.3. The molecule has 6 nitrogen and oxygen atoms in total. The third kappa shape index (κ3) is 3.94. The van der Waals surface area contributed by atoms with Crippen LogP contribution in [0.15, 0.2) is 0 Å². The topological polar surface area (TPSA) is 61.4 Å². The molecule has 0 saturated carbocycles. The van der Waals surface area contributed by atoms with Crippen LogP contribution in [0.4, 0.5) is 5.82 Å². The van der Waals surface area contributed by atoms with Gasteiger partial charge >= 0.3 is 0 Å². The number of hydrogen-bond acceptors (Lipinski definition) is 5. The number of nitrogens with zero attached hydrogens (tertiary/aromatic N) is 4. The van der Waals surface area contributed by atoms with Gasteiger partial charge in [0.05, 0.1) is 0 Å². The molecule has 0 bridgehead atoms. The molecule has 138 valence electrons. The van der Waals surface area contributed by atoms with Gasteiger partial charge in [0.2, 0.25) is 0 Å². The Hall–Kier alpha value is -1.69. The maximum atomic E-state index is 12.3. The predicted octanol–water partition coefficient (Wildman–Crippen LogP) is 2.20. The summed E-state index contributed by atoms with van der Waals surface area (Å²) >= 11 is 0. The Labute approximate surface area is 151 Å². The summed E-state index contributed by atoms with van der Waals surface area (Å²) in [5.41, 5.74) is 1.57. The molecule has 25 heavy (non-hydrogen) atoms. The first-order valence-electron chi connectivity index (χ1n) is 9.61.